The molecule has 0 saturated heterocycles. The third kappa shape index (κ3) is 3.86. The molecule has 1 aromatic heterocycles. The van der Waals surface area contributed by atoms with E-state index in [0.29, 0.717) is 16.2 Å². The summed E-state index contributed by atoms with van der Waals surface area (Å²) in [7, 11) is 0. The van der Waals surface area contributed by atoms with Gasteiger partial charge >= 0.3 is 0 Å². The van der Waals surface area contributed by atoms with Gasteiger partial charge in [0.05, 0.1) is 10.4 Å². The summed E-state index contributed by atoms with van der Waals surface area (Å²) >= 11 is 12.1. The SMILES string of the molecule is Cc1ccc(-c2oc3ccc(Cl)cc3c(=O)c2OCc2c(F)cccc2Cl)cc1. The van der Waals surface area contributed by atoms with Gasteiger partial charge in [-0.1, -0.05) is 59.1 Å². The summed E-state index contributed by atoms with van der Waals surface area (Å²) in [5.41, 5.74) is 1.88. The lowest BCUT2D eigenvalue weighted by molar-refractivity contribution is 0.292. The van der Waals surface area contributed by atoms with E-state index >= 15 is 0 Å². The predicted octanol–water partition coefficient (Wildman–Crippen LogP) is 6.79. The summed E-state index contributed by atoms with van der Waals surface area (Å²) in [5, 5.41) is 0.897. The summed E-state index contributed by atoms with van der Waals surface area (Å²) in [4.78, 5) is 13.2. The molecule has 0 N–H and O–H groups in total. The van der Waals surface area contributed by atoms with Crippen LogP contribution in [0.2, 0.25) is 10.0 Å². The summed E-state index contributed by atoms with van der Waals surface area (Å²) in [6.07, 6.45) is 0. The monoisotopic (exact) mass is 428 g/mol. The highest BCUT2D eigenvalue weighted by Crippen LogP contribution is 2.33. The Morgan fingerprint density at radius 2 is 1.79 bits per heavy atom. The first kappa shape index (κ1) is 19.5. The Morgan fingerprint density at radius 1 is 1.03 bits per heavy atom. The van der Waals surface area contributed by atoms with Crippen molar-refractivity contribution in [3.8, 4) is 17.1 Å². The standard InChI is InChI=1S/C23H15Cl2FO3/c1-13-5-7-14(8-6-13)22-23(28-12-17-18(25)3-2-4-19(17)26)21(27)16-11-15(24)9-10-20(16)29-22/h2-11H,12H2,1H3. The summed E-state index contributed by atoms with van der Waals surface area (Å²) < 4.78 is 25.9. The minimum atomic E-state index is -0.511. The zero-order chi connectivity index (χ0) is 20.5. The molecule has 0 bridgehead atoms. The molecule has 0 atom stereocenters. The van der Waals surface area contributed by atoms with Crippen molar-refractivity contribution in [3.63, 3.8) is 0 Å². The minimum Gasteiger partial charge on any atom is -0.481 e. The van der Waals surface area contributed by atoms with E-state index in [-0.39, 0.29) is 34.1 Å². The van der Waals surface area contributed by atoms with E-state index in [9.17, 15) is 9.18 Å². The lowest BCUT2D eigenvalue weighted by atomic mass is 10.1. The van der Waals surface area contributed by atoms with Gasteiger partial charge in [0, 0.05) is 16.1 Å². The van der Waals surface area contributed by atoms with Crippen molar-refractivity contribution in [1.29, 1.82) is 0 Å². The average molecular weight is 429 g/mol. The molecule has 4 rings (SSSR count). The van der Waals surface area contributed by atoms with Crippen LogP contribution in [0.25, 0.3) is 22.3 Å². The van der Waals surface area contributed by atoms with Crippen LogP contribution in [-0.2, 0) is 6.61 Å². The van der Waals surface area contributed by atoms with Crippen molar-refractivity contribution in [2.75, 3.05) is 0 Å². The fourth-order valence-corrected chi connectivity index (χ4v) is 3.38. The lowest BCUT2D eigenvalue weighted by Crippen LogP contribution is -2.11. The van der Waals surface area contributed by atoms with E-state index in [1.807, 2.05) is 31.2 Å². The second kappa shape index (κ2) is 7.90. The second-order valence-electron chi connectivity index (χ2n) is 6.58. The molecule has 0 aliphatic heterocycles. The van der Waals surface area contributed by atoms with Gasteiger partial charge in [-0.2, -0.15) is 0 Å². The highest BCUT2D eigenvalue weighted by atomic mass is 35.5. The van der Waals surface area contributed by atoms with E-state index in [1.54, 1.807) is 18.2 Å². The Hall–Kier alpha value is -2.82. The van der Waals surface area contributed by atoms with Crippen molar-refractivity contribution in [1.82, 2.24) is 0 Å². The third-order valence-electron chi connectivity index (χ3n) is 4.55. The van der Waals surface area contributed by atoms with Crippen LogP contribution in [-0.4, -0.2) is 0 Å². The van der Waals surface area contributed by atoms with Gasteiger partial charge in [0.1, 0.15) is 18.0 Å². The van der Waals surface area contributed by atoms with Crippen LogP contribution in [0, 0.1) is 12.7 Å². The molecule has 0 fully saturated rings. The van der Waals surface area contributed by atoms with Gasteiger partial charge in [-0.3, -0.25) is 4.79 Å². The number of ether oxygens (including phenoxy) is 1. The van der Waals surface area contributed by atoms with Crippen LogP contribution < -0.4 is 10.2 Å². The van der Waals surface area contributed by atoms with Crippen LogP contribution in [0.15, 0.2) is 69.9 Å². The van der Waals surface area contributed by atoms with E-state index in [1.165, 1.54) is 18.2 Å². The number of hydrogen-bond donors (Lipinski definition) is 0. The molecule has 3 nitrogen and oxygen atoms in total. The number of halogens is 3. The number of benzene rings is 3. The quantitative estimate of drug-likeness (QED) is 0.359. The van der Waals surface area contributed by atoms with Crippen LogP contribution in [0.1, 0.15) is 11.1 Å². The molecular weight excluding hydrogens is 414 g/mol. The van der Waals surface area contributed by atoms with Gasteiger partial charge in [-0.25, -0.2) is 4.39 Å². The van der Waals surface area contributed by atoms with Gasteiger partial charge in [-0.15, -0.1) is 0 Å². The fourth-order valence-electron chi connectivity index (χ4n) is 2.99. The molecule has 1 heterocycles. The van der Waals surface area contributed by atoms with Crippen molar-refractivity contribution >= 4 is 34.2 Å². The van der Waals surface area contributed by atoms with Crippen molar-refractivity contribution in [2.24, 2.45) is 0 Å². The number of aryl methyl sites for hydroxylation is 1. The number of fused-ring (bicyclic) bond motifs is 1. The molecule has 146 valence electrons. The number of hydrogen-bond acceptors (Lipinski definition) is 3. The molecule has 0 aliphatic carbocycles. The summed E-state index contributed by atoms with van der Waals surface area (Å²) in [6, 6.07) is 16.6. The molecule has 0 saturated carbocycles. The van der Waals surface area contributed by atoms with E-state index < -0.39 is 11.2 Å². The molecule has 3 aromatic carbocycles. The zero-order valence-corrected chi connectivity index (χ0v) is 16.9. The van der Waals surface area contributed by atoms with Crippen molar-refractivity contribution < 1.29 is 13.5 Å². The topological polar surface area (TPSA) is 39.4 Å². The first-order chi connectivity index (χ1) is 13.9. The summed E-state index contributed by atoms with van der Waals surface area (Å²) in [6.45, 7) is 1.74. The van der Waals surface area contributed by atoms with E-state index in [4.69, 9.17) is 32.4 Å². The molecule has 4 aromatic rings. The van der Waals surface area contributed by atoms with Crippen LogP contribution in [0.3, 0.4) is 0 Å². The maximum absolute atomic E-state index is 14.1. The first-order valence-electron chi connectivity index (χ1n) is 8.83. The lowest BCUT2D eigenvalue weighted by Gasteiger charge is -2.13. The van der Waals surface area contributed by atoms with E-state index in [0.717, 1.165) is 5.56 Å². The molecule has 0 unspecified atom stereocenters. The average Bonchev–Trinajstić information content (AvgIpc) is 2.70. The zero-order valence-electron chi connectivity index (χ0n) is 15.3. The molecule has 0 spiro atoms. The van der Waals surface area contributed by atoms with E-state index in [2.05, 4.69) is 0 Å². The summed E-state index contributed by atoms with van der Waals surface area (Å²) in [5.74, 6) is -0.275. The molecular formula is C23H15Cl2FO3. The first-order valence-corrected chi connectivity index (χ1v) is 9.59. The Balaban J connectivity index is 1.87. The van der Waals surface area contributed by atoms with Crippen LogP contribution in [0.4, 0.5) is 4.39 Å². The van der Waals surface area contributed by atoms with Crippen molar-refractivity contribution in [2.45, 2.75) is 13.5 Å². The maximum atomic E-state index is 14.1. The third-order valence-corrected chi connectivity index (χ3v) is 5.14. The van der Waals surface area contributed by atoms with Crippen molar-refractivity contribution in [3.05, 3.63) is 97.9 Å². The molecule has 29 heavy (non-hydrogen) atoms. The predicted molar refractivity (Wildman–Crippen MR) is 113 cm³/mol. The normalized spacial score (nSPS) is 11.0. The van der Waals surface area contributed by atoms with Crippen LogP contribution in [0.5, 0.6) is 5.75 Å². The Bertz CT molecular complexity index is 1240. The fraction of sp³-hybridized carbons (Fsp3) is 0.0870. The Labute approximate surface area is 176 Å². The highest BCUT2D eigenvalue weighted by Gasteiger charge is 2.19. The highest BCUT2D eigenvalue weighted by molar-refractivity contribution is 6.31. The maximum Gasteiger partial charge on any atom is 0.235 e. The number of rotatable bonds is 4. The van der Waals surface area contributed by atoms with Gasteiger partial charge in [-0.05, 0) is 37.3 Å². The van der Waals surface area contributed by atoms with Gasteiger partial charge in [0.15, 0.2) is 5.76 Å². The Morgan fingerprint density at radius 3 is 2.52 bits per heavy atom. The molecule has 0 radical (unpaired) electrons. The molecule has 0 aliphatic rings. The van der Waals surface area contributed by atoms with Gasteiger partial charge in [0.2, 0.25) is 11.2 Å². The second-order valence-corrected chi connectivity index (χ2v) is 7.43. The molecule has 6 heteroatoms. The van der Waals surface area contributed by atoms with Gasteiger partial charge < -0.3 is 9.15 Å². The minimum absolute atomic E-state index is 0.0251. The largest absolute Gasteiger partial charge is 0.481 e. The molecule has 0 amide bonds. The van der Waals surface area contributed by atoms with Crippen LogP contribution >= 0.6 is 23.2 Å². The van der Waals surface area contributed by atoms with Gasteiger partial charge in [0.25, 0.3) is 0 Å². The Kier molecular flexibility index (Phi) is 5.31. The smallest absolute Gasteiger partial charge is 0.235 e.